The Morgan fingerprint density at radius 3 is 2.84 bits per heavy atom. The zero-order valence-electron chi connectivity index (χ0n) is 10.9. The number of hydrogen-bond acceptors (Lipinski definition) is 3. The quantitative estimate of drug-likeness (QED) is 0.647. The second kappa shape index (κ2) is 7.59. The van der Waals surface area contributed by atoms with Crippen molar-refractivity contribution >= 4 is 27.5 Å². The molecule has 0 unspecified atom stereocenters. The zero-order chi connectivity index (χ0) is 14.3. The summed E-state index contributed by atoms with van der Waals surface area (Å²) in [6, 6.07) is 9.36. The highest BCUT2D eigenvalue weighted by atomic mass is 79.9. The Kier molecular flexibility index (Phi) is 6.10. The van der Waals surface area contributed by atoms with Crippen LogP contribution in [-0.2, 0) is 4.79 Å². The highest BCUT2D eigenvalue weighted by Gasteiger charge is 2.08. The number of rotatable bonds is 5. The lowest BCUT2D eigenvalue weighted by Gasteiger charge is -2.07. The Labute approximate surface area is 121 Å². The first-order valence-corrected chi connectivity index (χ1v) is 6.72. The summed E-state index contributed by atoms with van der Waals surface area (Å²) in [4.78, 5) is 11.7. The molecule has 19 heavy (non-hydrogen) atoms. The molecule has 1 amide bonds. The first kappa shape index (κ1) is 15.3. The van der Waals surface area contributed by atoms with Crippen LogP contribution in [0, 0.1) is 17.2 Å². The van der Waals surface area contributed by atoms with E-state index in [-0.39, 0.29) is 11.5 Å². The average Bonchev–Trinajstić information content (AvgIpc) is 2.37. The van der Waals surface area contributed by atoms with E-state index in [2.05, 4.69) is 26.6 Å². The van der Waals surface area contributed by atoms with Crippen molar-refractivity contribution in [2.45, 2.75) is 13.8 Å². The van der Waals surface area contributed by atoms with Crippen molar-refractivity contribution < 1.29 is 4.79 Å². The van der Waals surface area contributed by atoms with Crippen LogP contribution >= 0.6 is 15.9 Å². The van der Waals surface area contributed by atoms with Crippen molar-refractivity contribution in [3.05, 3.63) is 40.5 Å². The first-order chi connectivity index (χ1) is 9.02. The normalized spacial score (nSPS) is 11.0. The van der Waals surface area contributed by atoms with Gasteiger partial charge in [-0.15, -0.1) is 0 Å². The van der Waals surface area contributed by atoms with Crippen molar-refractivity contribution in [2.75, 3.05) is 11.9 Å². The number of benzene rings is 1. The third-order valence-corrected chi connectivity index (χ3v) is 2.74. The first-order valence-electron chi connectivity index (χ1n) is 5.93. The van der Waals surface area contributed by atoms with Gasteiger partial charge in [0.15, 0.2) is 0 Å². The molecule has 0 heterocycles. The minimum Gasteiger partial charge on any atom is -0.360 e. The predicted octanol–water partition coefficient (Wildman–Crippen LogP) is 3.04. The van der Waals surface area contributed by atoms with Gasteiger partial charge in [0.25, 0.3) is 5.91 Å². The third-order valence-electron chi connectivity index (χ3n) is 2.24. The van der Waals surface area contributed by atoms with Gasteiger partial charge in [-0.1, -0.05) is 35.8 Å². The van der Waals surface area contributed by atoms with Gasteiger partial charge in [-0.25, -0.2) is 0 Å². The third kappa shape index (κ3) is 5.58. The summed E-state index contributed by atoms with van der Waals surface area (Å²) in [5, 5.41) is 14.6. The summed E-state index contributed by atoms with van der Waals surface area (Å²) in [5.41, 5.74) is 0.861. The van der Waals surface area contributed by atoms with Crippen molar-refractivity contribution in [1.82, 2.24) is 5.32 Å². The van der Waals surface area contributed by atoms with Crippen LogP contribution in [-0.4, -0.2) is 12.5 Å². The molecular formula is C14H16BrN3O. The van der Waals surface area contributed by atoms with Crippen LogP contribution in [0.3, 0.4) is 0 Å². The Balaban J connectivity index is 2.67. The smallest absolute Gasteiger partial charge is 0.263 e. The van der Waals surface area contributed by atoms with E-state index in [1.165, 1.54) is 6.20 Å². The number of nitrogens with one attached hydrogen (secondary N) is 2. The number of anilines is 1. The van der Waals surface area contributed by atoms with Crippen molar-refractivity contribution in [3.8, 4) is 6.07 Å². The van der Waals surface area contributed by atoms with Gasteiger partial charge in [-0.05, 0) is 24.1 Å². The minimum atomic E-state index is -0.362. The molecule has 0 fully saturated rings. The Morgan fingerprint density at radius 2 is 2.26 bits per heavy atom. The molecule has 0 aliphatic carbocycles. The molecule has 0 saturated heterocycles. The summed E-state index contributed by atoms with van der Waals surface area (Å²) in [6.07, 6.45) is 1.41. The lowest BCUT2D eigenvalue weighted by molar-refractivity contribution is -0.117. The molecule has 4 nitrogen and oxygen atoms in total. The fraction of sp³-hybridized carbons (Fsp3) is 0.286. The van der Waals surface area contributed by atoms with Crippen LogP contribution in [0.25, 0.3) is 0 Å². The molecule has 1 rings (SSSR count). The molecule has 0 spiro atoms. The number of amides is 1. The molecule has 0 aromatic heterocycles. The maximum Gasteiger partial charge on any atom is 0.263 e. The number of nitrogens with zero attached hydrogens (tertiary/aromatic N) is 1. The van der Waals surface area contributed by atoms with Gasteiger partial charge in [-0.3, -0.25) is 4.79 Å². The maximum absolute atomic E-state index is 11.7. The van der Waals surface area contributed by atoms with Gasteiger partial charge in [0, 0.05) is 22.9 Å². The van der Waals surface area contributed by atoms with E-state index < -0.39 is 0 Å². The molecule has 1 aromatic carbocycles. The number of carbonyl (C=O) groups excluding carboxylic acids is 1. The molecular weight excluding hydrogens is 306 g/mol. The summed E-state index contributed by atoms with van der Waals surface area (Å²) in [6.45, 7) is 4.54. The highest BCUT2D eigenvalue weighted by Crippen LogP contribution is 2.15. The number of nitriles is 1. The molecule has 5 heteroatoms. The molecule has 0 aliphatic heterocycles. The summed E-state index contributed by atoms with van der Waals surface area (Å²) in [7, 11) is 0. The summed E-state index contributed by atoms with van der Waals surface area (Å²) >= 11 is 3.35. The average molecular weight is 322 g/mol. The SMILES string of the molecule is CC(C)CNC(=O)/C(C#N)=C\Nc1cccc(Br)c1. The standard InChI is InChI=1S/C14H16BrN3O/c1-10(2)8-18-14(19)11(7-16)9-17-13-5-3-4-12(15)6-13/h3-6,9-10,17H,8H2,1-2H3,(H,18,19)/b11-9-. The number of hydrogen-bond donors (Lipinski definition) is 2. The monoisotopic (exact) mass is 321 g/mol. The fourth-order valence-corrected chi connectivity index (χ4v) is 1.67. The largest absolute Gasteiger partial charge is 0.360 e. The van der Waals surface area contributed by atoms with E-state index in [4.69, 9.17) is 5.26 Å². The highest BCUT2D eigenvalue weighted by molar-refractivity contribution is 9.10. The van der Waals surface area contributed by atoms with E-state index in [1.54, 1.807) is 0 Å². The Hall–Kier alpha value is -1.80. The van der Waals surface area contributed by atoms with Crippen molar-refractivity contribution in [2.24, 2.45) is 5.92 Å². The van der Waals surface area contributed by atoms with Crippen molar-refractivity contribution in [1.29, 1.82) is 5.26 Å². The lowest BCUT2D eigenvalue weighted by atomic mass is 10.2. The lowest BCUT2D eigenvalue weighted by Crippen LogP contribution is -2.28. The van der Waals surface area contributed by atoms with E-state index in [0.717, 1.165) is 10.2 Å². The maximum atomic E-state index is 11.7. The van der Waals surface area contributed by atoms with Gasteiger partial charge in [0.1, 0.15) is 11.6 Å². The van der Waals surface area contributed by atoms with Crippen LogP contribution in [0.15, 0.2) is 40.5 Å². The van der Waals surface area contributed by atoms with Gasteiger partial charge >= 0.3 is 0 Å². The van der Waals surface area contributed by atoms with Crippen LogP contribution in [0.2, 0.25) is 0 Å². The summed E-state index contributed by atoms with van der Waals surface area (Å²) < 4.78 is 0.925. The Morgan fingerprint density at radius 1 is 1.53 bits per heavy atom. The molecule has 0 aliphatic rings. The van der Waals surface area contributed by atoms with Crippen LogP contribution < -0.4 is 10.6 Å². The van der Waals surface area contributed by atoms with E-state index >= 15 is 0 Å². The van der Waals surface area contributed by atoms with Crippen LogP contribution in [0.4, 0.5) is 5.69 Å². The summed E-state index contributed by atoms with van der Waals surface area (Å²) in [5.74, 6) is -0.0133. The van der Waals surface area contributed by atoms with E-state index in [9.17, 15) is 4.79 Å². The fourth-order valence-electron chi connectivity index (χ4n) is 1.27. The molecule has 0 saturated carbocycles. The second-order valence-corrected chi connectivity index (χ2v) is 5.34. The molecule has 100 valence electrons. The molecule has 0 radical (unpaired) electrons. The van der Waals surface area contributed by atoms with E-state index in [0.29, 0.717) is 12.5 Å². The molecule has 0 atom stereocenters. The van der Waals surface area contributed by atoms with Gasteiger partial charge < -0.3 is 10.6 Å². The van der Waals surface area contributed by atoms with Gasteiger partial charge in [0.05, 0.1) is 0 Å². The van der Waals surface area contributed by atoms with Gasteiger partial charge in [0.2, 0.25) is 0 Å². The molecule has 1 aromatic rings. The van der Waals surface area contributed by atoms with E-state index in [1.807, 2.05) is 44.2 Å². The topological polar surface area (TPSA) is 64.9 Å². The molecule has 0 bridgehead atoms. The van der Waals surface area contributed by atoms with Gasteiger partial charge in [-0.2, -0.15) is 5.26 Å². The van der Waals surface area contributed by atoms with Crippen LogP contribution in [0.1, 0.15) is 13.8 Å². The number of halogens is 1. The zero-order valence-corrected chi connectivity index (χ0v) is 12.5. The predicted molar refractivity (Wildman–Crippen MR) is 79.3 cm³/mol. The molecule has 2 N–H and O–H groups in total. The Bertz CT molecular complexity index is 518. The second-order valence-electron chi connectivity index (χ2n) is 4.43. The number of carbonyl (C=O) groups is 1. The van der Waals surface area contributed by atoms with Crippen LogP contribution in [0.5, 0.6) is 0 Å². The minimum absolute atomic E-state index is 0.0561. The van der Waals surface area contributed by atoms with Crippen molar-refractivity contribution in [3.63, 3.8) is 0 Å².